The van der Waals surface area contributed by atoms with Crippen LogP contribution in [0.2, 0.25) is 0 Å². The van der Waals surface area contributed by atoms with Crippen molar-refractivity contribution < 1.29 is 9.47 Å². The zero-order valence-electron chi connectivity index (χ0n) is 9.60. The number of rotatable bonds is 6. The largest absolute Gasteiger partial charge is 0.490 e. The van der Waals surface area contributed by atoms with E-state index in [2.05, 4.69) is 6.07 Å². The van der Waals surface area contributed by atoms with Gasteiger partial charge in [-0.3, -0.25) is 0 Å². The first-order valence-corrected chi connectivity index (χ1v) is 5.64. The van der Waals surface area contributed by atoms with Crippen LogP contribution < -0.4 is 10.5 Å². The summed E-state index contributed by atoms with van der Waals surface area (Å²) in [5, 5.41) is 8.98. The molecule has 0 aliphatic rings. The van der Waals surface area contributed by atoms with Crippen LogP contribution in [0.4, 0.5) is 0 Å². The Labute approximate surface area is 106 Å². The quantitative estimate of drug-likeness (QED) is 0.613. The minimum Gasteiger partial charge on any atom is -0.490 e. The lowest BCUT2D eigenvalue weighted by atomic mass is 10.1. The van der Waals surface area contributed by atoms with Crippen LogP contribution in [0.1, 0.15) is 18.1 Å². The lowest BCUT2D eigenvalue weighted by Gasteiger charge is -2.08. The summed E-state index contributed by atoms with van der Waals surface area (Å²) in [6.07, 6.45) is 0. The fourth-order valence-corrected chi connectivity index (χ4v) is 1.38. The number of ether oxygens (including phenoxy) is 2. The zero-order valence-corrected chi connectivity index (χ0v) is 10.4. The van der Waals surface area contributed by atoms with Crippen molar-refractivity contribution >= 4 is 17.2 Å². The van der Waals surface area contributed by atoms with Crippen LogP contribution in [0, 0.1) is 11.3 Å². The van der Waals surface area contributed by atoms with Gasteiger partial charge >= 0.3 is 0 Å². The summed E-state index contributed by atoms with van der Waals surface area (Å²) in [6, 6.07) is 7.10. The fraction of sp³-hybridized carbons (Fsp3) is 0.333. The number of nitriles is 1. The van der Waals surface area contributed by atoms with Gasteiger partial charge in [0.25, 0.3) is 0 Å². The van der Waals surface area contributed by atoms with E-state index in [1.807, 2.05) is 6.92 Å². The SMILES string of the molecule is CCOCCOc1ccc(C(N)=S)cc1C#N. The minimum absolute atomic E-state index is 0.266. The third kappa shape index (κ3) is 4.02. The lowest BCUT2D eigenvalue weighted by molar-refractivity contribution is 0.110. The molecule has 0 aromatic heterocycles. The second-order valence-corrected chi connectivity index (χ2v) is 3.67. The van der Waals surface area contributed by atoms with E-state index >= 15 is 0 Å². The normalized spacial score (nSPS) is 9.65. The van der Waals surface area contributed by atoms with E-state index in [0.29, 0.717) is 36.7 Å². The molecule has 0 saturated heterocycles. The molecule has 0 amide bonds. The van der Waals surface area contributed by atoms with Gasteiger partial charge in [-0.2, -0.15) is 5.26 Å². The highest BCUT2D eigenvalue weighted by molar-refractivity contribution is 7.80. The summed E-state index contributed by atoms with van der Waals surface area (Å²) in [5.74, 6) is 0.521. The third-order valence-corrected chi connectivity index (χ3v) is 2.31. The molecular weight excluding hydrogens is 236 g/mol. The number of hydrogen-bond donors (Lipinski definition) is 1. The average Bonchev–Trinajstić information content (AvgIpc) is 2.34. The first kappa shape index (κ1) is 13.4. The summed E-state index contributed by atoms with van der Waals surface area (Å²) in [4.78, 5) is 0.266. The molecule has 17 heavy (non-hydrogen) atoms. The molecule has 2 N–H and O–H groups in total. The van der Waals surface area contributed by atoms with E-state index in [9.17, 15) is 0 Å². The predicted molar refractivity (Wildman–Crippen MR) is 69.0 cm³/mol. The summed E-state index contributed by atoms with van der Waals surface area (Å²) >= 11 is 4.84. The minimum atomic E-state index is 0.266. The van der Waals surface area contributed by atoms with Gasteiger partial charge in [-0.1, -0.05) is 12.2 Å². The first-order valence-electron chi connectivity index (χ1n) is 5.23. The van der Waals surface area contributed by atoms with E-state index in [-0.39, 0.29) is 4.99 Å². The van der Waals surface area contributed by atoms with E-state index < -0.39 is 0 Å². The standard InChI is InChI=1S/C12H14N2O2S/c1-2-15-5-6-16-11-4-3-9(12(14)17)7-10(11)8-13/h3-4,7H,2,5-6H2,1H3,(H2,14,17). The molecule has 0 radical (unpaired) electrons. The highest BCUT2D eigenvalue weighted by atomic mass is 32.1. The lowest BCUT2D eigenvalue weighted by Crippen LogP contribution is -2.11. The predicted octanol–water partition coefficient (Wildman–Crippen LogP) is 1.61. The third-order valence-electron chi connectivity index (χ3n) is 2.07. The van der Waals surface area contributed by atoms with Crippen LogP contribution in [-0.2, 0) is 4.74 Å². The summed E-state index contributed by atoms with van der Waals surface area (Å²) < 4.78 is 10.6. The maximum absolute atomic E-state index is 8.98. The summed E-state index contributed by atoms with van der Waals surface area (Å²) in [5.41, 5.74) is 6.57. The number of nitrogens with two attached hydrogens (primary N) is 1. The van der Waals surface area contributed by atoms with Gasteiger partial charge in [0.2, 0.25) is 0 Å². The molecule has 0 heterocycles. The van der Waals surface area contributed by atoms with E-state index in [0.717, 1.165) is 0 Å². The number of hydrogen-bond acceptors (Lipinski definition) is 4. The van der Waals surface area contributed by atoms with Gasteiger partial charge in [-0.15, -0.1) is 0 Å². The second-order valence-electron chi connectivity index (χ2n) is 3.23. The van der Waals surface area contributed by atoms with E-state index in [1.165, 1.54) is 0 Å². The van der Waals surface area contributed by atoms with Gasteiger partial charge in [0.05, 0.1) is 12.2 Å². The second kappa shape index (κ2) is 6.84. The smallest absolute Gasteiger partial charge is 0.137 e. The molecule has 1 aromatic carbocycles. The van der Waals surface area contributed by atoms with Crippen LogP contribution in [-0.4, -0.2) is 24.8 Å². The molecule has 0 fully saturated rings. The van der Waals surface area contributed by atoms with Crippen molar-refractivity contribution in [3.8, 4) is 11.8 Å². The van der Waals surface area contributed by atoms with Crippen molar-refractivity contribution in [1.29, 1.82) is 5.26 Å². The molecule has 1 rings (SSSR count). The summed E-state index contributed by atoms with van der Waals surface area (Å²) in [6.45, 7) is 3.47. The van der Waals surface area contributed by atoms with E-state index in [4.69, 9.17) is 32.7 Å². The Kier molecular flexibility index (Phi) is 5.40. The molecule has 0 bridgehead atoms. The Hall–Kier alpha value is -1.64. The van der Waals surface area contributed by atoms with E-state index in [1.54, 1.807) is 18.2 Å². The van der Waals surface area contributed by atoms with Gasteiger partial charge in [0, 0.05) is 12.2 Å². The van der Waals surface area contributed by atoms with Crippen molar-refractivity contribution in [2.45, 2.75) is 6.92 Å². The maximum Gasteiger partial charge on any atom is 0.137 e. The van der Waals surface area contributed by atoms with Crippen molar-refractivity contribution in [2.75, 3.05) is 19.8 Å². The van der Waals surface area contributed by atoms with Crippen LogP contribution >= 0.6 is 12.2 Å². The van der Waals surface area contributed by atoms with Crippen molar-refractivity contribution in [3.05, 3.63) is 29.3 Å². The monoisotopic (exact) mass is 250 g/mol. The average molecular weight is 250 g/mol. The molecule has 0 spiro atoms. The molecule has 0 atom stereocenters. The molecule has 4 nitrogen and oxygen atoms in total. The topological polar surface area (TPSA) is 68.3 Å². The van der Waals surface area contributed by atoms with Crippen LogP contribution in [0.15, 0.2) is 18.2 Å². The Morgan fingerprint density at radius 3 is 2.82 bits per heavy atom. The Morgan fingerprint density at radius 2 is 2.24 bits per heavy atom. The van der Waals surface area contributed by atoms with Gasteiger partial charge in [0.15, 0.2) is 0 Å². The van der Waals surface area contributed by atoms with Crippen molar-refractivity contribution in [2.24, 2.45) is 5.73 Å². The maximum atomic E-state index is 8.98. The number of nitrogens with zero attached hydrogens (tertiary/aromatic N) is 1. The molecular formula is C12H14N2O2S. The van der Waals surface area contributed by atoms with Crippen molar-refractivity contribution in [3.63, 3.8) is 0 Å². The van der Waals surface area contributed by atoms with Crippen LogP contribution in [0.3, 0.4) is 0 Å². The van der Waals surface area contributed by atoms with Crippen LogP contribution in [0.25, 0.3) is 0 Å². The molecule has 0 unspecified atom stereocenters. The first-order chi connectivity index (χ1) is 8.19. The van der Waals surface area contributed by atoms with Gasteiger partial charge in [-0.05, 0) is 25.1 Å². The molecule has 0 aliphatic carbocycles. The molecule has 5 heteroatoms. The molecule has 1 aromatic rings. The summed E-state index contributed by atoms with van der Waals surface area (Å²) in [7, 11) is 0. The fourth-order valence-electron chi connectivity index (χ4n) is 1.25. The van der Waals surface area contributed by atoms with Crippen LogP contribution in [0.5, 0.6) is 5.75 Å². The van der Waals surface area contributed by atoms with Gasteiger partial charge in [0.1, 0.15) is 23.4 Å². The molecule has 0 saturated carbocycles. The highest BCUT2D eigenvalue weighted by Gasteiger charge is 2.06. The van der Waals surface area contributed by atoms with Crippen molar-refractivity contribution in [1.82, 2.24) is 0 Å². The molecule has 90 valence electrons. The number of benzene rings is 1. The molecule has 0 aliphatic heterocycles. The van der Waals surface area contributed by atoms with Gasteiger partial charge < -0.3 is 15.2 Å². The Bertz CT molecular complexity index is 441. The zero-order chi connectivity index (χ0) is 12.7. The number of thiocarbonyl (C=S) groups is 1. The highest BCUT2D eigenvalue weighted by Crippen LogP contribution is 2.19. The Balaban J connectivity index is 2.73. The Morgan fingerprint density at radius 1 is 1.47 bits per heavy atom. The van der Waals surface area contributed by atoms with Gasteiger partial charge in [-0.25, -0.2) is 0 Å².